The van der Waals surface area contributed by atoms with E-state index in [-0.39, 0.29) is 23.5 Å². The number of hydrogen-bond donors (Lipinski definition) is 3. The van der Waals surface area contributed by atoms with Gasteiger partial charge in [0.2, 0.25) is 0 Å². The molecule has 0 bridgehead atoms. The van der Waals surface area contributed by atoms with Gasteiger partial charge in [-0.15, -0.1) is 0 Å². The predicted octanol–water partition coefficient (Wildman–Crippen LogP) is 2.20. The summed E-state index contributed by atoms with van der Waals surface area (Å²) in [5, 5.41) is 21.6. The molecule has 0 spiro atoms. The molecule has 1 aromatic carbocycles. The number of rotatable bonds is 5. The van der Waals surface area contributed by atoms with Gasteiger partial charge in [-0.05, 0) is 50.5 Å². The summed E-state index contributed by atoms with van der Waals surface area (Å²) in [5.41, 5.74) is 3.79. The van der Waals surface area contributed by atoms with Crippen molar-refractivity contribution in [1.82, 2.24) is 20.4 Å². The van der Waals surface area contributed by atoms with Gasteiger partial charge in [0.1, 0.15) is 0 Å². The Bertz CT molecular complexity index is 925. The molecule has 2 aliphatic carbocycles. The van der Waals surface area contributed by atoms with Gasteiger partial charge in [-0.25, -0.2) is 0 Å². The fraction of sp³-hybridized carbons (Fsp3) is 0.600. The first kappa shape index (κ1) is 21.6. The van der Waals surface area contributed by atoms with Gasteiger partial charge in [0, 0.05) is 42.3 Å². The molecule has 0 radical (unpaired) electrons. The second-order valence-corrected chi connectivity index (χ2v) is 9.57. The first-order valence-electron chi connectivity index (χ1n) is 12.1. The molecule has 1 aliphatic heterocycles. The number of aromatic nitrogens is 2. The monoisotopic (exact) mass is 438 g/mol. The van der Waals surface area contributed by atoms with E-state index in [1.807, 2.05) is 6.07 Å². The SMILES string of the molecule is O=C(NC[C@]1(c2ccccc2)CC[C@@H](O)[C@H](N2CCOCC2)CC1)c1n[nH]c2c1CCC2. The molecule has 172 valence electrons. The summed E-state index contributed by atoms with van der Waals surface area (Å²) in [4.78, 5) is 15.5. The van der Waals surface area contributed by atoms with Crippen molar-refractivity contribution in [3.63, 3.8) is 0 Å². The van der Waals surface area contributed by atoms with Crippen LogP contribution in [0.5, 0.6) is 0 Å². The number of morpholine rings is 1. The first-order valence-corrected chi connectivity index (χ1v) is 12.1. The number of carbonyl (C=O) groups excluding carboxylic acids is 1. The minimum absolute atomic E-state index is 0.0887. The number of nitrogens with one attached hydrogen (secondary N) is 2. The molecule has 1 saturated heterocycles. The van der Waals surface area contributed by atoms with Crippen LogP contribution in [0, 0.1) is 0 Å². The Labute approximate surface area is 189 Å². The minimum Gasteiger partial charge on any atom is -0.391 e. The van der Waals surface area contributed by atoms with Crippen molar-refractivity contribution in [2.45, 2.75) is 62.5 Å². The van der Waals surface area contributed by atoms with Crippen LogP contribution in [0.1, 0.15) is 59.4 Å². The number of nitrogens with zero attached hydrogens (tertiary/aromatic N) is 2. The first-order chi connectivity index (χ1) is 15.7. The fourth-order valence-electron chi connectivity index (χ4n) is 5.89. The number of aliphatic hydroxyl groups is 1. The molecule has 2 fully saturated rings. The van der Waals surface area contributed by atoms with Crippen LogP contribution in [0.2, 0.25) is 0 Å². The Morgan fingerprint density at radius 3 is 2.78 bits per heavy atom. The van der Waals surface area contributed by atoms with Crippen molar-refractivity contribution >= 4 is 5.91 Å². The van der Waals surface area contributed by atoms with Gasteiger partial charge in [-0.1, -0.05) is 30.3 Å². The Morgan fingerprint density at radius 1 is 1.19 bits per heavy atom. The van der Waals surface area contributed by atoms with Gasteiger partial charge >= 0.3 is 0 Å². The quantitative estimate of drug-likeness (QED) is 0.623. The van der Waals surface area contributed by atoms with Crippen LogP contribution in [0.3, 0.4) is 0 Å². The number of amides is 1. The third-order valence-corrected chi connectivity index (χ3v) is 7.79. The zero-order chi connectivity index (χ0) is 22.0. The highest BCUT2D eigenvalue weighted by molar-refractivity contribution is 5.94. The van der Waals surface area contributed by atoms with Crippen molar-refractivity contribution in [3.05, 3.63) is 52.8 Å². The van der Waals surface area contributed by atoms with E-state index in [0.717, 1.165) is 82.5 Å². The molecule has 5 rings (SSSR count). The van der Waals surface area contributed by atoms with Crippen molar-refractivity contribution < 1.29 is 14.6 Å². The summed E-state index contributed by atoms with van der Waals surface area (Å²) in [7, 11) is 0. The maximum absolute atomic E-state index is 13.1. The molecule has 1 saturated carbocycles. The maximum atomic E-state index is 13.1. The molecular formula is C25H34N4O3. The van der Waals surface area contributed by atoms with Crippen LogP contribution in [-0.4, -0.2) is 71.1 Å². The summed E-state index contributed by atoms with van der Waals surface area (Å²) < 4.78 is 5.52. The number of hydrogen-bond acceptors (Lipinski definition) is 5. The van der Waals surface area contributed by atoms with Gasteiger partial charge in [0.05, 0.1) is 19.3 Å². The molecule has 3 aliphatic rings. The van der Waals surface area contributed by atoms with E-state index in [2.05, 4.69) is 44.7 Å². The van der Waals surface area contributed by atoms with Crippen molar-refractivity contribution in [2.75, 3.05) is 32.8 Å². The van der Waals surface area contributed by atoms with E-state index in [4.69, 9.17) is 4.74 Å². The van der Waals surface area contributed by atoms with E-state index in [0.29, 0.717) is 12.2 Å². The Balaban J connectivity index is 1.35. The molecule has 0 unspecified atom stereocenters. The Hall–Kier alpha value is -2.22. The largest absolute Gasteiger partial charge is 0.391 e. The van der Waals surface area contributed by atoms with Crippen LogP contribution in [0.4, 0.5) is 0 Å². The topological polar surface area (TPSA) is 90.5 Å². The fourth-order valence-corrected chi connectivity index (χ4v) is 5.89. The van der Waals surface area contributed by atoms with Crippen LogP contribution in [0.25, 0.3) is 0 Å². The normalized spacial score (nSPS) is 28.8. The number of ether oxygens (including phenoxy) is 1. The molecule has 1 aromatic heterocycles. The van der Waals surface area contributed by atoms with Gasteiger partial charge in [-0.2, -0.15) is 5.10 Å². The lowest BCUT2D eigenvalue weighted by Crippen LogP contribution is -2.48. The lowest BCUT2D eigenvalue weighted by atomic mass is 9.74. The van der Waals surface area contributed by atoms with Gasteiger partial charge < -0.3 is 15.2 Å². The van der Waals surface area contributed by atoms with E-state index >= 15 is 0 Å². The van der Waals surface area contributed by atoms with Crippen LogP contribution in [0.15, 0.2) is 30.3 Å². The molecular weight excluding hydrogens is 404 g/mol. The Kier molecular flexibility index (Phi) is 6.31. The van der Waals surface area contributed by atoms with Crippen molar-refractivity contribution in [1.29, 1.82) is 0 Å². The number of carbonyl (C=O) groups is 1. The molecule has 3 atom stereocenters. The van der Waals surface area contributed by atoms with Crippen LogP contribution in [-0.2, 0) is 23.0 Å². The second-order valence-electron chi connectivity index (χ2n) is 9.57. The number of benzene rings is 1. The zero-order valence-corrected chi connectivity index (χ0v) is 18.7. The highest BCUT2D eigenvalue weighted by atomic mass is 16.5. The average molecular weight is 439 g/mol. The summed E-state index contributed by atoms with van der Waals surface area (Å²) >= 11 is 0. The van der Waals surface area contributed by atoms with Crippen molar-refractivity contribution in [2.24, 2.45) is 0 Å². The molecule has 1 amide bonds. The van der Waals surface area contributed by atoms with E-state index in [1.165, 1.54) is 5.56 Å². The lowest BCUT2D eigenvalue weighted by Gasteiger charge is -2.37. The second kappa shape index (κ2) is 9.33. The number of aromatic amines is 1. The van der Waals surface area contributed by atoms with Gasteiger partial charge in [0.15, 0.2) is 5.69 Å². The third kappa shape index (κ3) is 4.21. The number of aryl methyl sites for hydroxylation is 1. The molecule has 32 heavy (non-hydrogen) atoms. The summed E-state index contributed by atoms with van der Waals surface area (Å²) in [6.45, 7) is 3.77. The van der Waals surface area contributed by atoms with Crippen molar-refractivity contribution in [3.8, 4) is 0 Å². The third-order valence-electron chi connectivity index (χ3n) is 7.79. The minimum atomic E-state index is -0.357. The van der Waals surface area contributed by atoms with Gasteiger partial charge in [0.25, 0.3) is 5.91 Å². The standard InChI is InChI=1S/C25H34N4O3/c30-22-10-12-25(18-5-2-1-3-6-18,11-9-21(22)29-13-15-32-16-14-29)17-26-24(31)23-19-7-4-8-20(19)27-28-23/h1-3,5-6,21-22,30H,4,7-17H2,(H,26,31)(H,27,28)/t21-,22-,25-/m1/s1. The lowest BCUT2D eigenvalue weighted by molar-refractivity contribution is -0.0236. The van der Waals surface area contributed by atoms with Crippen LogP contribution >= 0.6 is 0 Å². The van der Waals surface area contributed by atoms with E-state index in [1.54, 1.807) is 0 Å². The zero-order valence-electron chi connectivity index (χ0n) is 18.7. The average Bonchev–Trinajstić information content (AvgIpc) is 3.41. The molecule has 2 aromatic rings. The molecule has 7 heteroatoms. The molecule has 7 nitrogen and oxygen atoms in total. The van der Waals surface area contributed by atoms with E-state index < -0.39 is 0 Å². The predicted molar refractivity (Wildman–Crippen MR) is 122 cm³/mol. The number of fused-ring (bicyclic) bond motifs is 1. The smallest absolute Gasteiger partial charge is 0.272 e. The number of aliphatic hydroxyl groups excluding tert-OH is 1. The molecule has 2 heterocycles. The summed E-state index contributed by atoms with van der Waals surface area (Å²) in [6, 6.07) is 10.7. The van der Waals surface area contributed by atoms with E-state index in [9.17, 15) is 9.90 Å². The highest BCUT2D eigenvalue weighted by Crippen LogP contribution is 2.39. The maximum Gasteiger partial charge on any atom is 0.272 e. The summed E-state index contributed by atoms with van der Waals surface area (Å²) in [5.74, 6) is -0.0887. The molecule has 3 N–H and O–H groups in total. The highest BCUT2D eigenvalue weighted by Gasteiger charge is 2.40. The Morgan fingerprint density at radius 2 is 1.97 bits per heavy atom. The number of H-pyrrole nitrogens is 1. The van der Waals surface area contributed by atoms with Gasteiger partial charge in [-0.3, -0.25) is 14.8 Å². The summed E-state index contributed by atoms with van der Waals surface area (Å²) in [6.07, 6.45) is 6.03. The van der Waals surface area contributed by atoms with Crippen LogP contribution < -0.4 is 5.32 Å².